The van der Waals surface area contributed by atoms with Crippen LogP contribution in [0.3, 0.4) is 0 Å². The minimum absolute atomic E-state index is 0.0965. The van der Waals surface area contributed by atoms with Crippen molar-refractivity contribution in [3.05, 3.63) is 64.1 Å². The molecule has 2 rings (SSSR count). The van der Waals surface area contributed by atoms with Crippen molar-refractivity contribution in [2.75, 3.05) is 5.75 Å². The van der Waals surface area contributed by atoms with Gasteiger partial charge in [0.15, 0.2) is 0 Å². The number of nitrogens with one attached hydrogen (secondary N) is 1. The molecule has 0 spiro atoms. The molecule has 162 valence electrons. The van der Waals surface area contributed by atoms with Gasteiger partial charge in [0.25, 0.3) is 0 Å². The molecule has 1 unspecified atom stereocenters. The molecular formula is C23H28Cl2N2O2S. The lowest BCUT2D eigenvalue weighted by atomic mass is 10.1. The van der Waals surface area contributed by atoms with E-state index in [0.717, 1.165) is 10.5 Å². The largest absolute Gasteiger partial charge is 0.350 e. The molecule has 0 heterocycles. The molecule has 0 radical (unpaired) electrons. The van der Waals surface area contributed by atoms with Crippen LogP contribution in [0, 0.1) is 0 Å². The molecule has 1 atom stereocenters. The Hall–Kier alpha value is -1.69. The van der Waals surface area contributed by atoms with Gasteiger partial charge in [0, 0.05) is 27.0 Å². The van der Waals surface area contributed by atoms with E-state index in [9.17, 15) is 9.59 Å². The third-order valence-electron chi connectivity index (χ3n) is 4.33. The van der Waals surface area contributed by atoms with Crippen molar-refractivity contribution in [1.82, 2.24) is 10.2 Å². The van der Waals surface area contributed by atoms with Crippen LogP contribution in [0.5, 0.6) is 0 Å². The summed E-state index contributed by atoms with van der Waals surface area (Å²) in [6, 6.07) is 14.1. The van der Waals surface area contributed by atoms with Crippen LogP contribution in [0.15, 0.2) is 53.4 Å². The molecule has 0 aromatic heterocycles. The molecule has 7 heteroatoms. The summed E-state index contributed by atoms with van der Waals surface area (Å²) in [5.74, 6) is -0.0151. The van der Waals surface area contributed by atoms with Crippen molar-refractivity contribution in [2.24, 2.45) is 0 Å². The Kier molecular flexibility index (Phi) is 9.08. The van der Waals surface area contributed by atoms with Crippen molar-refractivity contribution in [3.8, 4) is 0 Å². The summed E-state index contributed by atoms with van der Waals surface area (Å²) in [6.07, 6.45) is 0.521. The van der Waals surface area contributed by atoms with Crippen LogP contribution >= 0.6 is 35.0 Å². The van der Waals surface area contributed by atoms with E-state index in [0.29, 0.717) is 23.0 Å². The Morgan fingerprint density at radius 3 is 2.03 bits per heavy atom. The fourth-order valence-electron chi connectivity index (χ4n) is 2.92. The predicted octanol–water partition coefficient (Wildman–Crippen LogP) is 5.81. The first-order valence-electron chi connectivity index (χ1n) is 9.83. The summed E-state index contributed by atoms with van der Waals surface area (Å²) in [6.45, 7) is 8.05. The van der Waals surface area contributed by atoms with Crippen LogP contribution in [0.25, 0.3) is 0 Å². The summed E-state index contributed by atoms with van der Waals surface area (Å²) in [5, 5.41) is 4.29. The summed E-state index contributed by atoms with van der Waals surface area (Å²) in [7, 11) is 0. The highest BCUT2D eigenvalue weighted by molar-refractivity contribution is 8.00. The second kappa shape index (κ2) is 11.1. The van der Waals surface area contributed by atoms with E-state index in [1.807, 2.05) is 52.0 Å². The Morgan fingerprint density at radius 2 is 1.53 bits per heavy atom. The molecule has 30 heavy (non-hydrogen) atoms. The fourth-order valence-corrected chi connectivity index (χ4v) is 3.95. The molecule has 4 nitrogen and oxygen atoms in total. The molecular weight excluding hydrogens is 439 g/mol. The number of thioether (sulfide) groups is 1. The number of halogens is 2. The Labute approximate surface area is 193 Å². The van der Waals surface area contributed by atoms with Crippen LogP contribution in [0.1, 0.15) is 39.7 Å². The van der Waals surface area contributed by atoms with E-state index in [1.54, 1.807) is 29.2 Å². The molecule has 1 N–H and O–H groups in total. The van der Waals surface area contributed by atoms with E-state index >= 15 is 0 Å². The molecule has 0 aliphatic heterocycles. The van der Waals surface area contributed by atoms with Crippen molar-refractivity contribution < 1.29 is 9.59 Å². The maximum absolute atomic E-state index is 13.2. The summed E-state index contributed by atoms with van der Waals surface area (Å²) in [4.78, 5) is 28.8. The van der Waals surface area contributed by atoms with E-state index in [2.05, 4.69) is 5.32 Å². The van der Waals surface area contributed by atoms with E-state index in [-0.39, 0.29) is 23.1 Å². The van der Waals surface area contributed by atoms with Gasteiger partial charge in [-0.1, -0.05) is 42.3 Å². The Morgan fingerprint density at radius 1 is 1.00 bits per heavy atom. The zero-order valence-corrected chi connectivity index (χ0v) is 20.1. The lowest BCUT2D eigenvalue weighted by Gasteiger charge is -2.33. The Balaban J connectivity index is 2.21. The SMILES string of the molecule is CCC(C(=O)NC(C)(C)C)N(Cc1ccc(Cl)cc1)C(=O)CSc1ccc(Cl)cc1. The van der Waals surface area contributed by atoms with Gasteiger partial charge >= 0.3 is 0 Å². The molecule has 0 aliphatic rings. The number of carbonyl (C=O) groups excluding carboxylic acids is 2. The minimum atomic E-state index is -0.557. The topological polar surface area (TPSA) is 49.4 Å². The number of nitrogens with zero attached hydrogens (tertiary/aromatic N) is 1. The zero-order chi connectivity index (χ0) is 22.3. The van der Waals surface area contributed by atoms with Gasteiger partial charge in [0.2, 0.25) is 11.8 Å². The monoisotopic (exact) mass is 466 g/mol. The first kappa shape index (κ1) is 24.6. The van der Waals surface area contributed by atoms with E-state index < -0.39 is 6.04 Å². The third-order valence-corrected chi connectivity index (χ3v) is 5.83. The molecule has 2 aromatic rings. The van der Waals surface area contributed by atoms with Crippen LogP contribution < -0.4 is 5.32 Å². The smallest absolute Gasteiger partial charge is 0.243 e. The second-order valence-electron chi connectivity index (χ2n) is 8.05. The molecule has 0 saturated carbocycles. The van der Waals surface area contributed by atoms with Crippen molar-refractivity contribution in [1.29, 1.82) is 0 Å². The lowest BCUT2D eigenvalue weighted by molar-refractivity contribution is -0.140. The molecule has 0 bridgehead atoms. The zero-order valence-electron chi connectivity index (χ0n) is 17.7. The van der Waals surface area contributed by atoms with Gasteiger partial charge in [0.05, 0.1) is 5.75 Å². The van der Waals surface area contributed by atoms with Gasteiger partial charge < -0.3 is 10.2 Å². The van der Waals surface area contributed by atoms with Gasteiger partial charge in [-0.3, -0.25) is 9.59 Å². The first-order valence-corrected chi connectivity index (χ1v) is 11.6. The average Bonchev–Trinajstić information content (AvgIpc) is 2.67. The highest BCUT2D eigenvalue weighted by Gasteiger charge is 2.30. The van der Waals surface area contributed by atoms with Gasteiger partial charge in [-0.2, -0.15) is 0 Å². The van der Waals surface area contributed by atoms with Crippen molar-refractivity contribution >= 4 is 46.8 Å². The molecule has 0 fully saturated rings. The maximum Gasteiger partial charge on any atom is 0.243 e. The second-order valence-corrected chi connectivity index (χ2v) is 9.98. The number of benzene rings is 2. The van der Waals surface area contributed by atoms with Gasteiger partial charge in [-0.25, -0.2) is 0 Å². The van der Waals surface area contributed by atoms with Gasteiger partial charge in [-0.05, 0) is 69.2 Å². The Bertz CT molecular complexity index is 849. The third kappa shape index (κ3) is 7.86. The van der Waals surface area contributed by atoms with Crippen molar-refractivity contribution in [2.45, 2.75) is 57.1 Å². The number of amides is 2. The summed E-state index contributed by atoms with van der Waals surface area (Å²) in [5.41, 5.74) is 0.545. The number of hydrogen-bond donors (Lipinski definition) is 1. The predicted molar refractivity (Wildman–Crippen MR) is 126 cm³/mol. The highest BCUT2D eigenvalue weighted by atomic mass is 35.5. The van der Waals surface area contributed by atoms with Gasteiger partial charge in [-0.15, -0.1) is 11.8 Å². The van der Waals surface area contributed by atoms with Crippen LogP contribution in [-0.4, -0.2) is 34.0 Å². The maximum atomic E-state index is 13.2. The molecule has 2 aromatic carbocycles. The minimum Gasteiger partial charge on any atom is -0.350 e. The normalized spacial score (nSPS) is 12.3. The molecule has 2 amide bonds. The quantitative estimate of drug-likeness (QED) is 0.499. The average molecular weight is 467 g/mol. The first-order chi connectivity index (χ1) is 14.1. The fraction of sp³-hybridized carbons (Fsp3) is 0.391. The lowest BCUT2D eigenvalue weighted by Crippen LogP contribution is -2.53. The van der Waals surface area contributed by atoms with Crippen LogP contribution in [0.4, 0.5) is 0 Å². The number of carbonyl (C=O) groups is 2. The van der Waals surface area contributed by atoms with Crippen LogP contribution in [-0.2, 0) is 16.1 Å². The summed E-state index contributed by atoms with van der Waals surface area (Å²) >= 11 is 13.4. The molecule has 0 saturated heterocycles. The number of hydrogen-bond acceptors (Lipinski definition) is 3. The van der Waals surface area contributed by atoms with Crippen LogP contribution in [0.2, 0.25) is 10.0 Å². The number of rotatable bonds is 8. The van der Waals surface area contributed by atoms with E-state index in [4.69, 9.17) is 23.2 Å². The van der Waals surface area contributed by atoms with E-state index in [1.165, 1.54) is 11.8 Å². The molecule has 0 aliphatic carbocycles. The summed E-state index contributed by atoms with van der Waals surface area (Å²) < 4.78 is 0. The van der Waals surface area contributed by atoms with Crippen molar-refractivity contribution in [3.63, 3.8) is 0 Å². The standard InChI is InChI=1S/C23H28Cl2N2O2S/c1-5-20(22(29)26-23(2,3)4)27(14-16-6-8-17(24)9-7-16)21(28)15-30-19-12-10-18(25)11-13-19/h6-13,20H,5,14-15H2,1-4H3,(H,26,29). The van der Waals surface area contributed by atoms with Gasteiger partial charge in [0.1, 0.15) is 6.04 Å². The highest BCUT2D eigenvalue weighted by Crippen LogP contribution is 2.23.